The van der Waals surface area contributed by atoms with Crippen LogP contribution in [-0.2, 0) is 0 Å². The number of nitrogens with zero attached hydrogens (tertiary/aromatic N) is 3. The third kappa shape index (κ3) is 3.02. The van der Waals surface area contributed by atoms with Crippen LogP contribution in [0.5, 0.6) is 0 Å². The van der Waals surface area contributed by atoms with E-state index in [9.17, 15) is 10.1 Å². The summed E-state index contributed by atoms with van der Waals surface area (Å²) >= 11 is 6.99. The molecule has 1 heterocycles. The molecule has 0 aliphatic carbocycles. The van der Waals surface area contributed by atoms with Crippen molar-refractivity contribution in [2.75, 3.05) is 0 Å². The molecule has 7 heteroatoms. The second-order valence-corrected chi connectivity index (χ2v) is 5.23. The molecule has 2 rings (SSSR count). The molecule has 19 heavy (non-hydrogen) atoms. The van der Waals surface area contributed by atoms with Gasteiger partial charge in [-0.05, 0) is 37.1 Å². The van der Waals surface area contributed by atoms with Crippen molar-refractivity contribution in [1.82, 2.24) is 9.97 Å². The van der Waals surface area contributed by atoms with Gasteiger partial charge >= 0.3 is 5.69 Å². The largest absolute Gasteiger partial charge is 0.322 e. The van der Waals surface area contributed by atoms with Crippen molar-refractivity contribution in [2.45, 2.75) is 23.8 Å². The minimum absolute atomic E-state index is 0.0131. The Balaban J connectivity index is 2.51. The Labute approximate surface area is 119 Å². The predicted octanol–water partition coefficient (Wildman–Crippen LogP) is 3.81. The molecule has 0 aliphatic heterocycles. The van der Waals surface area contributed by atoms with E-state index in [1.165, 1.54) is 11.8 Å². The Bertz CT molecular complexity index is 649. The van der Waals surface area contributed by atoms with Crippen LogP contribution in [0.2, 0.25) is 5.28 Å². The highest BCUT2D eigenvalue weighted by Crippen LogP contribution is 2.36. The molecule has 5 nitrogen and oxygen atoms in total. The minimum atomic E-state index is -0.480. The van der Waals surface area contributed by atoms with E-state index in [1.807, 2.05) is 31.2 Å². The molecule has 0 unspecified atom stereocenters. The molecule has 2 aromatic rings. The lowest BCUT2D eigenvalue weighted by Gasteiger charge is -2.06. The molecule has 0 radical (unpaired) electrons. The van der Waals surface area contributed by atoms with Gasteiger partial charge in [-0.15, -0.1) is 0 Å². The van der Waals surface area contributed by atoms with Crippen molar-refractivity contribution < 1.29 is 4.92 Å². The monoisotopic (exact) mass is 295 g/mol. The number of nitro groups is 1. The number of aromatic nitrogens is 2. The van der Waals surface area contributed by atoms with Gasteiger partial charge in [-0.25, -0.2) is 9.97 Å². The first-order valence-corrected chi connectivity index (χ1v) is 6.60. The van der Waals surface area contributed by atoms with Crippen molar-refractivity contribution in [3.63, 3.8) is 0 Å². The van der Waals surface area contributed by atoms with E-state index in [2.05, 4.69) is 9.97 Å². The maximum Gasteiger partial charge on any atom is 0.322 e. The topological polar surface area (TPSA) is 68.9 Å². The first-order valence-electron chi connectivity index (χ1n) is 5.41. The summed E-state index contributed by atoms with van der Waals surface area (Å²) in [5.41, 5.74) is 1.19. The molecule has 0 spiro atoms. The zero-order chi connectivity index (χ0) is 14.0. The smallest absolute Gasteiger partial charge is 0.258 e. The highest BCUT2D eigenvalue weighted by atomic mass is 35.5. The van der Waals surface area contributed by atoms with E-state index < -0.39 is 4.92 Å². The van der Waals surface area contributed by atoms with Crippen LogP contribution in [-0.4, -0.2) is 14.9 Å². The molecule has 1 aromatic heterocycles. The molecule has 0 atom stereocenters. The molecular formula is C12H10ClN3O2S. The van der Waals surface area contributed by atoms with Crippen molar-refractivity contribution in [3.8, 4) is 0 Å². The van der Waals surface area contributed by atoms with Gasteiger partial charge in [-0.1, -0.05) is 30.0 Å². The van der Waals surface area contributed by atoms with Crippen LogP contribution in [0.4, 0.5) is 5.69 Å². The summed E-state index contributed by atoms with van der Waals surface area (Å²) in [7, 11) is 0. The molecule has 0 N–H and O–H groups in total. The minimum Gasteiger partial charge on any atom is -0.258 e. The lowest BCUT2D eigenvalue weighted by Crippen LogP contribution is -2.00. The molecule has 98 valence electrons. The van der Waals surface area contributed by atoms with Crippen LogP contribution < -0.4 is 0 Å². The van der Waals surface area contributed by atoms with Crippen molar-refractivity contribution in [3.05, 3.63) is 50.9 Å². The zero-order valence-electron chi connectivity index (χ0n) is 10.3. The third-order valence-corrected chi connectivity index (χ3v) is 3.81. The van der Waals surface area contributed by atoms with Crippen LogP contribution in [0.15, 0.2) is 34.2 Å². The fraction of sp³-hybridized carbons (Fsp3) is 0.167. The summed E-state index contributed by atoms with van der Waals surface area (Å²) < 4.78 is 0. The van der Waals surface area contributed by atoms with Gasteiger partial charge < -0.3 is 0 Å². The lowest BCUT2D eigenvalue weighted by molar-refractivity contribution is -0.389. The maximum atomic E-state index is 11.1. The molecular weight excluding hydrogens is 286 g/mol. The van der Waals surface area contributed by atoms with Crippen LogP contribution in [0.1, 0.15) is 11.3 Å². The summed E-state index contributed by atoms with van der Waals surface area (Å²) in [4.78, 5) is 19.3. The highest BCUT2D eigenvalue weighted by molar-refractivity contribution is 7.99. The summed E-state index contributed by atoms with van der Waals surface area (Å²) in [5, 5.41) is 11.4. The summed E-state index contributed by atoms with van der Waals surface area (Å²) in [6, 6.07) is 7.60. The van der Waals surface area contributed by atoms with Gasteiger partial charge in [0.05, 0.1) is 4.92 Å². The summed E-state index contributed by atoms with van der Waals surface area (Å²) in [6.07, 6.45) is 0. The zero-order valence-corrected chi connectivity index (χ0v) is 11.8. The van der Waals surface area contributed by atoms with Crippen molar-refractivity contribution in [2.24, 2.45) is 0 Å². The van der Waals surface area contributed by atoms with Gasteiger partial charge in [0.15, 0.2) is 5.03 Å². The number of benzene rings is 1. The molecule has 1 aromatic carbocycles. The molecule has 0 saturated carbocycles. The van der Waals surface area contributed by atoms with E-state index in [1.54, 1.807) is 6.92 Å². The molecule has 0 aliphatic rings. The van der Waals surface area contributed by atoms with Gasteiger partial charge in [-0.2, -0.15) is 0 Å². The Kier molecular flexibility index (Phi) is 4.01. The van der Waals surface area contributed by atoms with Gasteiger partial charge in [0, 0.05) is 4.90 Å². The lowest BCUT2D eigenvalue weighted by atomic mass is 10.2. The van der Waals surface area contributed by atoms with Crippen LogP contribution >= 0.6 is 23.4 Å². The highest BCUT2D eigenvalue weighted by Gasteiger charge is 2.22. The molecule has 0 amide bonds. The number of aryl methyl sites for hydroxylation is 2. The maximum absolute atomic E-state index is 11.1. The number of halogens is 1. The fourth-order valence-corrected chi connectivity index (χ4v) is 2.86. The second kappa shape index (κ2) is 5.54. The third-order valence-electron chi connectivity index (χ3n) is 2.48. The average molecular weight is 296 g/mol. The predicted molar refractivity (Wildman–Crippen MR) is 73.7 cm³/mol. The van der Waals surface area contributed by atoms with Crippen LogP contribution in [0, 0.1) is 24.0 Å². The number of rotatable bonds is 3. The van der Waals surface area contributed by atoms with Gasteiger partial charge in [0.2, 0.25) is 5.28 Å². The van der Waals surface area contributed by atoms with Gasteiger partial charge in [0.1, 0.15) is 5.69 Å². The van der Waals surface area contributed by atoms with Crippen LogP contribution in [0.25, 0.3) is 0 Å². The fourth-order valence-electron chi connectivity index (χ4n) is 1.56. The van der Waals surface area contributed by atoms with Crippen molar-refractivity contribution >= 4 is 29.1 Å². The second-order valence-electron chi connectivity index (χ2n) is 3.86. The summed E-state index contributed by atoms with van der Waals surface area (Å²) in [5.74, 6) is 0. The number of hydrogen-bond donors (Lipinski definition) is 0. The van der Waals surface area contributed by atoms with E-state index in [4.69, 9.17) is 11.6 Å². The Morgan fingerprint density at radius 1 is 1.26 bits per heavy atom. The molecule has 0 bridgehead atoms. The van der Waals surface area contributed by atoms with Gasteiger partial charge in [0.25, 0.3) is 0 Å². The van der Waals surface area contributed by atoms with E-state index in [0.717, 1.165) is 10.5 Å². The molecule has 0 saturated heterocycles. The first-order chi connectivity index (χ1) is 8.99. The number of hydrogen-bond acceptors (Lipinski definition) is 5. The van der Waals surface area contributed by atoms with Gasteiger partial charge in [-0.3, -0.25) is 10.1 Å². The average Bonchev–Trinajstić information content (AvgIpc) is 2.30. The first kappa shape index (κ1) is 13.8. The summed E-state index contributed by atoms with van der Waals surface area (Å²) in [6.45, 7) is 3.48. The van der Waals surface area contributed by atoms with E-state index >= 15 is 0 Å². The normalized spacial score (nSPS) is 10.5. The SMILES string of the molecule is Cc1ccccc1Sc1nc(Cl)nc(C)c1[N+](=O)[O-]. The standard InChI is InChI=1S/C12H10ClN3O2S/c1-7-5-3-4-6-9(7)19-11-10(16(17)18)8(2)14-12(13)15-11/h3-6H,1-2H3. The van der Waals surface area contributed by atoms with Crippen LogP contribution in [0.3, 0.4) is 0 Å². The Morgan fingerprint density at radius 2 is 1.95 bits per heavy atom. The van der Waals surface area contributed by atoms with Crippen molar-refractivity contribution in [1.29, 1.82) is 0 Å². The van der Waals surface area contributed by atoms with E-state index in [0.29, 0.717) is 0 Å². The quantitative estimate of drug-likeness (QED) is 0.373. The Hall–Kier alpha value is -1.66. The van der Waals surface area contributed by atoms with E-state index in [-0.39, 0.29) is 21.7 Å². The molecule has 0 fully saturated rings. The Morgan fingerprint density at radius 3 is 2.58 bits per heavy atom.